The molecular weight excluding hydrogens is 174 g/mol. The van der Waals surface area contributed by atoms with Gasteiger partial charge in [-0.15, -0.1) is 0 Å². The highest BCUT2D eigenvalue weighted by molar-refractivity contribution is 5.40. The number of fused-ring (bicyclic) bond motifs is 1. The molecule has 0 bridgehead atoms. The first-order chi connectivity index (χ1) is 6.59. The van der Waals surface area contributed by atoms with E-state index in [1.807, 2.05) is 12.1 Å². The average Bonchev–Trinajstić information content (AvgIpc) is 2.26. The summed E-state index contributed by atoms with van der Waals surface area (Å²) in [7, 11) is 0. The number of phenolic OH excluding ortho intramolecular Hbond substituents is 1. The summed E-state index contributed by atoms with van der Waals surface area (Å²) in [5, 5.41) is 12.9. The van der Waals surface area contributed by atoms with Crippen LogP contribution in [0.3, 0.4) is 0 Å². The van der Waals surface area contributed by atoms with Crippen LogP contribution in [0, 0.1) is 0 Å². The highest BCUT2D eigenvalue weighted by Crippen LogP contribution is 2.33. The van der Waals surface area contributed by atoms with E-state index >= 15 is 0 Å². The largest absolute Gasteiger partial charge is 0.508 e. The molecule has 0 amide bonds. The van der Waals surface area contributed by atoms with Crippen molar-refractivity contribution in [1.29, 1.82) is 0 Å². The van der Waals surface area contributed by atoms with Crippen molar-refractivity contribution in [3.8, 4) is 5.75 Å². The van der Waals surface area contributed by atoms with E-state index in [0.717, 1.165) is 19.5 Å². The Kier molecular flexibility index (Phi) is 2.23. The molecule has 1 aromatic carbocycles. The van der Waals surface area contributed by atoms with Crippen LogP contribution in [0.2, 0.25) is 0 Å². The van der Waals surface area contributed by atoms with Gasteiger partial charge in [-0.2, -0.15) is 0 Å². The molecule has 0 radical (unpaired) electrons. The molecule has 2 N–H and O–H groups in total. The van der Waals surface area contributed by atoms with E-state index < -0.39 is 0 Å². The maximum Gasteiger partial charge on any atom is 0.115 e. The van der Waals surface area contributed by atoms with E-state index in [9.17, 15) is 5.11 Å². The van der Waals surface area contributed by atoms with Crippen LogP contribution >= 0.6 is 0 Å². The number of rotatable bonds is 0. The van der Waals surface area contributed by atoms with Gasteiger partial charge in [0.05, 0.1) is 0 Å². The van der Waals surface area contributed by atoms with Crippen molar-refractivity contribution in [2.24, 2.45) is 0 Å². The molecule has 0 unspecified atom stereocenters. The molecule has 2 rings (SSSR count). The Morgan fingerprint density at radius 2 is 2.14 bits per heavy atom. The predicted molar refractivity (Wildman–Crippen MR) is 57.5 cm³/mol. The van der Waals surface area contributed by atoms with Crippen molar-refractivity contribution in [2.45, 2.75) is 32.2 Å². The van der Waals surface area contributed by atoms with Crippen LogP contribution in [0.1, 0.15) is 31.4 Å². The van der Waals surface area contributed by atoms with E-state index in [1.165, 1.54) is 11.1 Å². The van der Waals surface area contributed by atoms with Crippen LogP contribution in [0.4, 0.5) is 0 Å². The maximum atomic E-state index is 9.49. The Labute approximate surface area is 85.0 Å². The number of hydrogen-bond acceptors (Lipinski definition) is 2. The van der Waals surface area contributed by atoms with Crippen molar-refractivity contribution in [2.75, 3.05) is 6.54 Å². The fraction of sp³-hybridized carbons (Fsp3) is 0.500. The van der Waals surface area contributed by atoms with Crippen molar-refractivity contribution in [1.82, 2.24) is 5.32 Å². The summed E-state index contributed by atoms with van der Waals surface area (Å²) >= 11 is 0. The molecule has 1 aliphatic heterocycles. The Hall–Kier alpha value is -1.02. The lowest BCUT2D eigenvalue weighted by Crippen LogP contribution is -2.20. The minimum atomic E-state index is 0.164. The molecule has 0 aliphatic carbocycles. The minimum Gasteiger partial charge on any atom is -0.508 e. The number of aromatic hydroxyl groups is 1. The summed E-state index contributed by atoms with van der Waals surface area (Å²) in [6.45, 7) is 6.43. The van der Waals surface area contributed by atoms with Crippen LogP contribution < -0.4 is 5.32 Å². The van der Waals surface area contributed by atoms with Gasteiger partial charge in [-0.1, -0.05) is 19.9 Å². The first kappa shape index (κ1) is 9.53. The number of hydrogen-bond donors (Lipinski definition) is 2. The topological polar surface area (TPSA) is 32.3 Å². The molecule has 14 heavy (non-hydrogen) atoms. The predicted octanol–water partition coefficient (Wildman–Crippen LogP) is 2.16. The number of nitrogens with one attached hydrogen (secondary N) is 1. The third-order valence-corrected chi connectivity index (χ3v) is 3.06. The maximum absolute atomic E-state index is 9.49. The van der Waals surface area contributed by atoms with Gasteiger partial charge in [-0.25, -0.2) is 0 Å². The zero-order valence-electron chi connectivity index (χ0n) is 8.80. The second-order valence-corrected chi connectivity index (χ2v) is 4.65. The molecular formula is C12H17NO. The minimum absolute atomic E-state index is 0.164. The van der Waals surface area contributed by atoms with Crippen molar-refractivity contribution in [3.05, 3.63) is 29.3 Å². The van der Waals surface area contributed by atoms with Gasteiger partial charge in [0.1, 0.15) is 5.75 Å². The fourth-order valence-electron chi connectivity index (χ4n) is 2.11. The molecule has 2 heteroatoms. The molecule has 0 saturated carbocycles. The van der Waals surface area contributed by atoms with E-state index in [1.54, 1.807) is 6.07 Å². The molecule has 0 saturated heterocycles. The van der Waals surface area contributed by atoms with Gasteiger partial charge in [-0.05, 0) is 41.6 Å². The molecule has 0 fully saturated rings. The van der Waals surface area contributed by atoms with Crippen LogP contribution in [0.5, 0.6) is 5.75 Å². The van der Waals surface area contributed by atoms with Crippen LogP contribution in [-0.2, 0) is 12.0 Å². The molecule has 1 aliphatic rings. The lowest BCUT2D eigenvalue weighted by molar-refractivity contribution is 0.458. The average molecular weight is 191 g/mol. The fourth-order valence-corrected chi connectivity index (χ4v) is 2.11. The van der Waals surface area contributed by atoms with Gasteiger partial charge in [0.15, 0.2) is 0 Å². The summed E-state index contributed by atoms with van der Waals surface area (Å²) in [6, 6.07) is 5.69. The number of benzene rings is 1. The van der Waals surface area contributed by atoms with Gasteiger partial charge < -0.3 is 10.4 Å². The molecule has 2 nitrogen and oxygen atoms in total. The molecule has 76 valence electrons. The van der Waals surface area contributed by atoms with E-state index in [4.69, 9.17) is 0 Å². The zero-order chi connectivity index (χ0) is 10.2. The van der Waals surface area contributed by atoms with Crippen molar-refractivity contribution < 1.29 is 5.11 Å². The lowest BCUT2D eigenvalue weighted by Gasteiger charge is -2.25. The Morgan fingerprint density at radius 1 is 1.36 bits per heavy atom. The second-order valence-electron chi connectivity index (χ2n) is 4.65. The van der Waals surface area contributed by atoms with Gasteiger partial charge in [0.25, 0.3) is 0 Å². The van der Waals surface area contributed by atoms with Gasteiger partial charge >= 0.3 is 0 Å². The zero-order valence-corrected chi connectivity index (χ0v) is 8.80. The van der Waals surface area contributed by atoms with Crippen LogP contribution in [-0.4, -0.2) is 11.7 Å². The van der Waals surface area contributed by atoms with Gasteiger partial charge in [0.2, 0.25) is 0 Å². The molecule has 1 heterocycles. The lowest BCUT2D eigenvalue weighted by atomic mass is 9.80. The van der Waals surface area contributed by atoms with Gasteiger partial charge in [0, 0.05) is 6.54 Å². The third-order valence-electron chi connectivity index (χ3n) is 3.06. The summed E-state index contributed by atoms with van der Waals surface area (Å²) in [5.74, 6) is 0.374. The summed E-state index contributed by atoms with van der Waals surface area (Å²) in [5.41, 5.74) is 2.75. The summed E-state index contributed by atoms with van der Waals surface area (Å²) in [4.78, 5) is 0. The molecule has 0 atom stereocenters. The van der Waals surface area contributed by atoms with E-state index in [0.29, 0.717) is 5.75 Å². The normalized spacial score (nSPS) is 19.9. The Bertz CT molecular complexity index is 344. The van der Waals surface area contributed by atoms with Crippen molar-refractivity contribution in [3.63, 3.8) is 0 Å². The molecule has 0 spiro atoms. The van der Waals surface area contributed by atoms with Crippen LogP contribution in [0.15, 0.2) is 18.2 Å². The Balaban J connectivity index is 2.52. The van der Waals surface area contributed by atoms with E-state index in [2.05, 4.69) is 19.2 Å². The Morgan fingerprint density at radius 3 is 2.93 bits per heavy atom. The molecule has 1 aromatic rings. The summed E-state index contributed by atoms with van der Waals surface area (Å²) in [6.07, 6.45) is 1.11. The number of phenols is 1. The van der Waals surface area contributed by atoms with E-state index in [-0.39, 0.29) is 5.41 Å². The second kappa shape index (κ2) is 3.28. The molecule has 0 aromatic heterocycles. The monoisotopic (exact) mass is 191 g/mol. The standard InChI is InChI=1S/C12H17NO/c1-12(2)5-6-13-8-9-3-4-10(14)7-11(9)12/h3-4,7,13-14H,5-6,8H2,1-2H3. The smallest absolute Gasteiger partial charge is 0.115 e. The SMILES string of the molecule is CC1(C)CCNCc2ccc(O)cc21. The van der Waals surface area contributed by atoms with Crippen LogP contribution in [0.25, 0.3) is 0 Å². The highest BCUT2D eigenvalue weighted by atomic mass is 16.3. The third kappa shape index (κ3) is 1.62. The van der Waals surface area contributed by atoms with Gasteiger partial charge in [-0.3, -0.25) is 0 Å². The summed E-state index contributed by atoms with van der Waals surface area (Å²) < 4.78 is 0. The highest BCUT2D eigenvalue weighted by Gasteiger charge is 2.25. The first-order valence-electron chi connectivity index (χ1n) is 5.13. The van der Waals surface area contributed by atoms with Crippen molar-refractivity contribution >= 4 is 0 Å². The first-order valence-corrected chi connectivity index (χ1v) is 5.13. The quantitative estimate of drug-likeness (QED) is 0.658.